The summed E-state index contributed by atoms with van der Waals surface area (Å²) >= 11 is 3.41. The number of halogens is 1. The number of fused-ring (bicyclic) bond motifs is 1. The van der Waals surface area contributed by atoms with Gasteiger partial charge in [-0.1, -0.05) is 15.9 Å². The van der Waals surface area contributed by atoms with E-state index in [9.17, 15) is 9.59 Å². The first kappa shape index (κ1) is 14.4. The molecule has 112 valence electrons. The largest absolute Gasteiger partial charge is 0.492 e. The van der Waals surface area contributed by atoms with E-state index < -0.39 is 11.9 Å². The highest BCUT2D eigenvalue weighted by molar-refractivity contribution is 9.10. The van der Waals surface area contributed by atoms with Crippen molar-refractivity contribution in [2.24, 2.45) is 5.92 Å². The molecule has 0 radical (unpaired) electrons. The summed E-state index contributed by atoms with van der Waals surface area (Å²) in [4.78, 5) is 25.5. The van der Waals surface area contributed by atoms with Gasteiger partial charge in [0.2, 0.25) is 5.91 Å². The Hall–Kier alpha value is -1.56. The molecule has 6 heteroatoms. The molecule has 2 atom stereocenters. The zero-order chi connectivity index (χ0) is 15.0. The van der Waals surface area contributed by atoms with Crippen molar-refractivity contribution >= 4 is 27.8 Å². The van der Waals surface area contributed by atoms with Crippen LogP contribution in [-0.2, 0) is 9.59 Å². The maximum Gasteiger partial charge on any atom is 0.308 e. The number of nitrogens with zero attached hydrogens (tertiary/aromatic N) is 1. The second-order valence-corrected chi connectivity index (χ2v) is 6.42. The molecule has 21 heavy (non-hydrogen) atoms. The lowest BCUT2D eigenvalue weighted by molar-refractivity contribution is -0.146. The predicted octanol–water partition coefficient (Wildman–Crippen LogP) is 2.25. The topological polar surface area (TPSA) is 66.8 Å². The molecule has 5 nitrogen and oxygen atoms in total. The number of amides is 1. The monoisotopic (exact) mass is 353 g/mol. The SMILES string of the molecule is O=C(O)C1CCCN(C(=O)C2COc3ccc(Br)cc32)C1. The lowest BCUT2D eigenvalue weighted by Gasteiger charge is -2.32. The number of rotatable bonds is 2. The minimum atomic E-state index is -0.821. The number of carboxylic acids is 1. The van der Waals surface area contributed by atoms with E-state index in [4.69, 9.17) is 9.84 Å². The Kier molecular flexibility index (Phi) is 3.89. The van der Waals surface area contributed by atoms with Crippen LogP contribution in [0.25, 0.3) is 0 Å². The number of piperidine rings is 1. The van der Waals surface area contributed by atoms with Crippen molar-refractivity contribution in [2.75, 3.05) is 19.7 Å². The number of hydrogen-bond donors (Lipinski definition) is 1. The number of carbonyl (C=O) groups is 2. The lowest BCUT2D eigenvalue weighted by atomic mass is 9.94. The summed E-state index contributed by atoms with van der Waals surface area (Å²) in [5, 5.41) is 9.13. The minimum Gasteiger partial charge on any atom is -0.492 e. The summed E-state index contributed by atoms with van der Waals surface area (Å²) in [6.07, 6.45) is 1.38. The summed E-state index contributed by atoms with van der Waals surface area (Å²) in [5.41, 5.74) is 0.881. The van der Waals surface area contributed by atoms with Crippen molar-refractivity contribution in [3.8, 4) is 5.75 Å². The van der Waals surface area contributed by atoms with E-state index in [0.29, 0.717) is 26.1 Å². The Morgan fingerprint density at radius 2 is 2.19 bits per heavy atom. The van der Waals surface area contributed by atoms with Crippen molar-refractivity contribution < 1.29 is 19.4 Å². The van der Waals surface area contributed by atoms with Gasteiger partial charge >= 0.3 is 5.97 Å². The van der Waals surface area contributed by atoms with Crippen molar-refractivity contribution in [3.63, 3.8) is 0 Å². The van der Waals surface area contributed by atoms with Crippen LogP contribution in [0.2, 0.25) is 0 Å². The van der Waals surface area contributed by atoms with Crippen molar-refractivity contribution in [3.05, 3.63) is 28.2 Å². The van der Waals surface area contributed by atoms with Crippen molar-refractivity contribution in [2.45, 2.75) is 18.8 Å². The van der Waals surface area contributed by atoms with E-state index in [1.165, 1.54) is 0 Å². The number of carbonyl (C=O) groups excluding carboxylic acids is 1. The molecule has 1 amide bonds. The molecule has 2 unspecified atom stereocenters. The highest BCUT2D eigenvalue weighted by Gasteiger charge is 2.36. The Morgan fingerprint density at radius 3 is 2.95 bits per heavy atom. The molecule has 1 N–H and O–H groups in total. The second-order valence-electron chi connectivity index (χ2n) is 5.51. The first-order valence-electron chi connectivity index (χ1n) is 7.00. The van der Waals surface area contributed by atoms with Gasteiger partial charge in [0.05, 0.1) is 5.92 Å². The van der Waals surface area contributed by atoms with Crippen molar-refractivity contribution in [1.29, 1.82) is 0 Å². The third kappa shape index (κ3) is 2.77. The van der Waals surface area contributed by atoms with E-state index in [1.807, 2.05) is 18.2 Å². The summed E-state index contributed by atoms with van der Waals surface area (Å²) in [6.45, 7) is 1.26. The highest BCUT2D eigenvalue weighted by atomic mass is 79.9. The molecule has 1 aromatic carbocycles. The van der Waals surface area contributed by atoms with E-state index in [2.05, 4.69) is 15.9 Å². The van der Waals surface area contributed by atoms with Crippen LogP contribution < -0.4 is 4.74 Å². The second kappa shape index (κ2) is 5.67. The Bertz CT molecular complexity index is 589. The quantitative estimate of drug-likeness (QED) is 0.885. The van der Waals surface area contributed by atoms with Crippen LogP contribution in [0.4, 0.5) is 0 Å². The zero-order valence-corrected chi connectivity index (χ0v) is 13.0. The van der Waals surface area contributed by atoms with Crippen LogP contribution in [0.1, 0.15) is 24.3 Å². The van der Waals surface area contributed by atoms with Crippen LogP contribution in [0, 0.1) is 5.92 Å². The molecule has 1 saturated heterocycles. The average Bonchev–Trinajstić information content (AvgIpc) is 2.89. The van der Waals surface area contributed by atoms with Crippen LogP contribution in [0.5, 0.6) is 5.75 Å². The Morgan fingerprint density at radius 1 is 1.38 bits per heavy atom. The molecule has 0 aliphatic carbocycles. The van der Waals surface area contributed by atoms with E-state index in [1.54, 1.807) is 4.90 Å². The lowest BCUT2D eigenvalue weighted by Crippen LogP contribution is -2.44. The van der Waals surface area contributed by atoms with Crippen LogP contribution in [-0.4, -0.2) is 41.6 Å². The van der Waals surface area contributed by atoms with Gasteiger partial charge in [-0.05, 0) is 31.0 Å². The van der Waals surface area contributed by atoms with E-state index >= 15 is 0 Å². The first-order valence-corrected chi connectivity index (χ1v) is 7.79. The number of likely N-dealkylation sites (tertiary alicyclic amines) is 1. The number of ether oxygens (including phenoxy) is 1. The highest BCUT2D eigenvalue weighted by Crippen LogP contribution is 2.37. The van der Waals surface area contributed by atoms with Crippen molar-refractivity contribution in [1.82, 2.24) is 4.90 Å². The molecule has 2 aliphatic rings. The van der Waals surface area contributed by atoms with Gasteiger partial charge in [0.25, 0.3) is 0 Å². The summed E-state index contributed by atoms with van der Waals surface area (Å²) in [6, 6.07) is 5.64. The minimum absolute atomic E-state index is 0.0298. The van der Waals surface area contributed by atoms with Gasteiger partial charge in [0.15, 0.2) is 0 Å². The van der Waals surface area contributed by atoms with Gasteiger partial charge in [-0.3, -0.25) is 9.59 Å². The number of benzene rings is 1. The average molecular weight is 354 g/mol. The Balaban J connectivity index is 1.78. The third-order valence-electron chi connectivity index (χ3n) is 4.13. The molecule has 2 heterocycles. The van der Waals surface area contributed by atoms with Gasteiger partial charge in [0.1, 0.15) is 18.3 Å². The van der Waals surface area contributed by atoms with Gasteiger partial charge in [0, 0.05) is 23.1 Å². The molecular formula is C15H16BrNO4. The van der Waals surface area contributed by atoms with Gasteiger partial charge in [-0.15, -0.1) is 0 Å². The van der Waals surface area contributed by atoms with E-state index in [0.717, 1.165) is 22.2 Å². The van der Waals surface area contributed by atoms with E-state index in [-0.39, 0.29) is 11.8 Å². The number of hydrogen-bond acceptors (Lipinski definition) is 3. The summed E-state index contributed by atoms with van der Waals surface area (Å²) in [7, 11) is 0. The zero-order valence-electron chi connectivity index (χ0n) is 11.4. The molecule has 0 saturated carbocycles. The summed E-state index contributed by atoms with van der Waals surface area (Å²) < 4.78 is 6.48. The molecule has 0 spiro atoms. The molecule has 3 rings (SSSR count). The fourth-order valence-electron chi connectivity index (χ4n) is 2.99. The standard InChI is InChI=1S/C15H16BrNO4/c16-10-3-4-13-11(6-10)12(8-21-13)14(18)17-5-1-2-9(7-17)15(19)20/h3-4,6,9,12H,1-2,5,7-8H2,(H,19,20). The third-order valence-corrected chi connectivity index (χ3v) is 4.63. The summed E-state index contributed by atoms with van der Waals surface area (Å²) in [5.74, 6) is -0.892. The molecule has 1 aromatic rings. The molecule has 2 aliphatic heterocycles. The number of carboxylic acid groups (broad SMARTS) is 1. The maximum absolute atomic E-state index is 12.7. The molecular weight excluding hydrogens is 338 g/mol. The van der Waals surface area contributed by atoms with Gasteiger partial charge < -0.3 is 14.7 Å². The van der Waals surface area contributed by atoms with Gasteiger partial charge in [-0.2, -0.15) is 0 Å². The molecule has 0 aromatic heterocycles. The van der Waals surface area contributed by atoms with Crippen LogP contribution in [0.15, 0.2) is 22.7 Å². The Labute approximate surface area is 131 Å². The predicted molar refractivity (Wildman–Crippen MR) is 79.3 cm³/mol. The van der Waals surface area contributed by atoms with Crippen LogP contribution in [0.3, 0.4) is 0 Å². The van der Waals surface area contributed by atoms with Gasteiger partial charge in [-0.25, -0.2) is 0 Å². The normalized spacial score (nSPS) is 24.3. The number of aliphatic carboxylic acids is 1. The van der Waals surface area contributed by atoms with Crippen LogP contribution >= 0.6 is 15.9 Å². The fourth-order valence-corrected chi connectivity index (χ4v) is 3.37. The maximum atomic E-state index is 12.7. The molecule has 1 fully saturated rings. The smallest absolute Gasteiger partial charge is 0.308 e. The first-order chi connectivity index (χ1) is 10.1. The molecule has 0 bridgehead atoms. The fraction of sp³-hybridized carbons (Fsp3) is 0.467.